The number of hydrogen-bond acceptors (Lipinski definition) is 5. The van der Waals surface area contributed by atoms with Crippen molar-refractivity contribution in [2.45, 2.75) is 18.9 Å². The molecule has 5 rings (SSSR count). The molecule has 1 N–H and O–H groups in total. The Hall–Kier alpha value is -3.39. The molecule has 1 aliphatic heterocycles. The topological polar surface area (TPSA) is 70.8 Å². The van der Waals surface area contributed by atoms with Crippen LogP contribution in [0, 0.1) is 0 Å². The number of ether oxygens (including phenoxy) is 1. The molecule has 0 unspecified atom stereocenters. The highest BCUT2D eigenvalue weighted by Crippen LogP contribution is 2.39. The molecule has 7 nitrogen and oxygen atoms in total. The maximum absolute atomic E-state index is 14.1. The molecule has 0 aliphatic carbocycles. The van der Waals surface area contributed by atoms with E-state index in [4.69, 9.17) is 20.8 Å². The van der Waals surface area contributed by atoms with Gasteiger partial charge in [-0.2, -0.15) is 4.98 Å². The number of benzene rings is 3. The zero-order valence-electron chi connectivity index (χ0n) is 20.9. The Balaban J connectivity index is 1.55. The van der Waals surface area contributed by atoms with Crippen molar-refractivity contribution in [1.29, 1.82) is 0 Å². The first-order valence-electron chi connectivity index (χ1n) is 12.7. The Morgan fingerprint density at radius 2 is 1.68 bits per heavy atom. The van der Waals surface area contributed by atoms with Gasteiger partial charge in [0.2, 0.25) is 0 Å². The first-order valence-corrected chi connectivity index (χ1v) is 13.0. The fourth-order valence-electron chi connectivity index (χ4n) is 5.15. The third-order valence-corrected chi connectivity index (χ3v) is 7.26. The second-order valence-corrected chi connectivity index (χ2v) is 9.55. The lowest BCUT2D eigenvalue weighted by molar-refractivity contribution is 0.0305. The summed E-state index contributed by atoms with van der Waals surface area (Å²) in [6.07, 6.45) is 0.681. The molecular formula is C29H31ClN4O3. The molecule has 0 bridgehead atoms. The van der Waals surface area contributed by atoms with Crippen molar-refractivity contribution in [2.24, 2.45) is 0 Å². The van der Waals surface area contributed by atoms with Gasteiger partial charge in [-0.3, -0.25) is 10.2 Å². The monoisotopic (exact) mass is 518 g/mol. The van der Waals surface area contributed by atoms with E-state index in [0.717, 1.165) is 30.8 Å². The highest BCUT2D eigenvalue weighted by atomic mass is 35.5. The number of nitrogens with zero attached hydrogens (tertiary/aromatic N) is 3. The van der Waals surface area contributed by atoms with Gasteiger partial charge in [0.1, 0.15) is 5.52 Å². The molecule has 2 heterocycles. The number of carbonyl (C=O) groups excluding carboxylic acids is 1. The smallest absolute Gasteiger partial charge is 0.326 e. The van der Waals surface area contributed by atoms with E-state index in [9.17, 15) is 4.79 Å². The molecule has 0 saturated carbocycles. The van der Waals surface area contributed by atoms with Crippen molar-refractivity contribution in [1.82, 2.24) is 14.8 Å². The van der Waals surface area contributed by atoms with Crippen LogP contribution in [0.1, 0.15) is 24.5 Å². The lowest BCUT2D eigenvalue weighted by Gasteiger charge is -2.45. The molecule has 3 aromatic carbocycles. The van der Waals surface area contributed by atoms with Crippen molar-refractivity contribution >= 4 is 34.7 Å². The Bertz CT molecular complexity index is 1280. The van der Waals surface area contributed by atoms with Crippen LogP contribution in [0.3, 0.4) is 0 Å². The second-order valence-electron chi connectivity index (χ2n) is 9.11. The van der Waals surface area contributed by atoms with Crippen LogP contribution in [0.25, 0.3) is 11.1 Å². The van der Waals surface area contributed by atoms with Gasteiger partial charge in [-0.25, -0.2) is 4.79 Å². The summed E-state index contributed by atoms with van der Waals surface area (Å²) in [5.74, 6) is 0. The molecule has 1 aromatic heterocycles. The first-order chi connectivity index (χ1) is 18.1. The van der Waals surface area contributed by atoms with Gasteiger partial charge in [0.25, 0.3) is 0 Å². The van der Waals surface area contributed by atoms with Gasteiger partial charge in [0.15, 0.2) is 5.58 Å². The highest BCUT2D eigenvalue weighted by Gasteiger charge is 2.42. The van der Waals surface area contributed by atoms with Gasteiger partial charge in [-0.1, -0.05) is 79.2 Å². The summed E-state index contributed by atoms with van der Waals surface area (Å²) in [5, 5.41) is 3.50. The number of hydrogen-bond donors (Lipinski definition) is 1. The average Bonchev–Trinajstić information content (AvgIpc) is 3.34. The normalized spacial score (nSPS) is 14.5. The number of nitrogens with one attached hydrogen (secondary N) is 1. The summed E-state index contributed by atoms with van der Waals surface area (Å²) >= 11 is 6.12. The standard InChI is InChI=1S/C29H31ClN4O3/c1-2-29(22-9-5-3-6-10-22,23-11-7-4-8-12-23)34(16-15-33-17-19-36-20-18-33)28(35)32-27-31-25-21-24(30)13-14-26(25)37-27/h3-14,21H,2,15-20H2,1H3,(H,31,32,35). The van der Waals surface area contributed by atoms with E-state index in [2.05, 4.69) is 46.4 Å². The SMILES string of the molecule is CCC(c1ccccc1)(c1ccccc1)N(CCN1CCOCC1)C(=O)Nc1nc2cc(Cl)ccc2o1. The fraction of sp³-hybridized carbons (Fsp3) is 0.310. The summed E-state index contributed by atoms with van der Waals surface area (Å²) in [6, 6.07) is 25.5. The van der Waals surface area contributed by atoms with Crippen LogP contribution >= 0.6 is 11.6 Å². The maximum Gasteiger partial charge on any atom is 0.326 e. The summed E-state index contributed by atoms with van der Waals surface area (Å²) < 4.78 is 11.4. The van der Waals surface area contributed by atoms with E-state index >= 15 is 0 Å². The number of morpholine rings is 1. The molecule has 0 spiro atoms. The number of anilines is 1. The molecule has 0 atom stereocenters. The third-order valence-electron chi connectivity index (χ3n) is 7.03. The van der Waals surface area contributed by atoms with Gasteiger partial charge >= 0.3 is 12.0 Å². The Morgan fingerprint density at radius 3 is 2.30 bits per heavy atom. The molecule has 1 aliphatic rings. The number of halogens is 1. The molecule has 2 amide bonds. The lowest BCUT2D eigenvalue weighted by atomic mass is 9.79. The van der Waals surface area contributed by atoms with Crippen molar-refractivity contribution in [3.8, 4) is 0 Å². The fourth-order valence-corrected chi connectivity index (χ4v) is 5.32. The van der Waals surface area contributed by atoms with Crippen LogP contribution < -0.4 is 5.32 Å². The molecule has 8 heteroatoms. The number of fused-ring (bicyclic) bond motifs is 1. The minimum Gasteiger partial charge on any atom is -0.423 e. The second kappa shape index (κ2) is 11.3. The predicted octanol–water partition coefficient (Wildman–Crippen LogP) is 6.00. The first kappa shape index (κ1) is 25.3. The largest absolute Gasteiger partial charge is 0.423 e. The van der Waals surface area contributed by atoms with Crippen molar-refractivity contribution in [2.75, 3.05) is 44.7 Å². The number of oxazole rings is 1. The zero-order chi connectivity index (χ0) is 25.7. The molecular weight excluding hydrogens is 488 g/mol. The Labute approximate surface area is 222 Å². The minimum atomic E-state index is -0.700. The predicted molar refractivity (Wildman–Crippen MR) is 146 cm³/mol. The van der Waals surface area contributed by atoms with E-state index in [-0.39, 0.29) is 12.0 Å². The van der Waals surface area contributed by atoms with Crippen LogP contribution in [0.2, 0.25) is 5.02 Å². The van der Waals surface area contributed by atoms with Crippen LogP contribution in [-0.4, -0.2) is 60.2 Å². The summed E-state index contributed by atoms with van der Waals surface area (Å²) in [6.45, 7) is 6.45. The van der Waals surface area contributed by atoms with E-state index in [1.165, 1.54) is 0 Å². The van der Waals surface area contributed by atoms with E-state index in [0.29, 0.717) is 42.3 Å². The maximum atomic E-state index is 14.1. The highest BCUT2D eigenvalue weighted by molar-refractivity contribution is 6.31. The molecule has 192 valence electrons. The minimum absolute atomic E-state index is 0.143. The van der Waals surface area contributed by atoms with Crippen LogP contribution in [0.4, 0.5) is 10.8 Å². The van der Waals surface area contributed by atoms with Gasteiger partial charge in [-0.05, 0) is 35.7 Å². The number of rotatable bonds is 8. The van der Waals surface area contributed by atoms with Gasteiger partial charge in [0.05, 0.1) is 18.8 Å². The molecule has 37 heavy (non-hydrogen) atoms. The molecule has 1 saturated heterocycles. The number of urea groups is 1. The van der Waals surface area contributed by atoms with Crippen LogP contribution in [0.5, 0.6) is 0 Å². The van der Waals surface area contributed by atoms with Crippen LogP contribution in [-0.2, 0) is 10.3 Å². The third kappa shape index (κ3) is 5.34. The number of amides is 2. The van der Waals surface area contributed by atoms with E-state index in [1.54, 1.807) is 18.2 Å². The van der Waals surface area contributed by atoms with Gasteiger partial charge in [-0.15, -0.1) is 0 Å². The number of carbonyl (C=O) groups is 1. The summed E-state index contributed by atoms with van der Waals surface area (Å²) in [5.41, 5.74) is 2.55. The van der Waals surface area contributed by atoms with Gasteiger partial charge in [0, 0.05) is 31.2 Å². The number of aromatic nitrogens is 1. The molecule has 1 fully saturated rings. The summed E-state index contributed by atoms with van der Waals surface area (Å²) in [7, 11) is 0. The lowest BCUT2D eigenvalue weighted by Crippen LogP contribution is -2.54. The Kier molecular flexibility index (Phi) is 7.74. The van der Waals surface area contributed by atoms with Crippen molar-refractivity contribution in [3.05, 3.63) is 95.0 Å². The Morgan fingerprint density at radius 1 is 1.03 bits per heavy atom. The van der Waals surface area contributed by atoms with Crippen molar-refractivity contribution < 1.29 is 13.9 Å². The quantitative estimate of drug-likeness (QED) is 0.310. The average molecular weight is 519 g/mol. The molecule has 0 radical (unpaired) electrons. The van der Waals surface area contributed by atoms with E-state index in [1.807, 2.05) is 41.3 Å². The van der Waals surface area contributed by atoms with Crippen LogP contribution in [0.15, 0.2) is 83.3 Å². The summed E-state index contributed by atoms with van der Waals surface area (Å²) in [4.78, 5) is 22.8. The molecule has 4 aromatic rings. The van der Waals surface area contributed by atoms with Crippen molar-refractivity contribution in [3.63, 3.8) is 0 Å². The zero-order valence-corrected chi connectivity index (χ0v) is 21.7. The van der Waals surface area contributed by atoms with Gasteiger partial charge < -0.3 is 14.1 Å². The van der Waals surface area contributed by atoms with E-state index < -0.39 is 5.54 Å².